The smallest absolute Gasteiger partial charge is 0.408 e. The molecule has 5 atom stereocenters. The Balaban J connectivity index is 1.13. The average molecular weight is 803 g/mol. The number of amides is 2. The topological polar surface area (TPSA) is 241 Å². The first-order chi connectivity index (χ1) is 28.0. The molecule has 7 N–H and O–H groups in total. The first-order valence-corrected chi connectivity index (χ1v) is 19.1. The van der Waals surface area contributed by atoms with Crippen LogP contribution in [0.25, 0.3) is 0 Å². The molecule has 2 amide bonds. The number of β-amino-alcohol motifs (C(OH)–C–C–N with tert-alkyl or cyclic N) is 1. The van der Waals surface area contributed by atoms with Crippen molar-refractivity contribution < 1.29 is 53.8 Å². The van der Waals surface area contributed by atoms with Gasteiger partial charge in [-0.05, 0) is 48.8 Å². The maximum absolute atomic E-state index is 13.2. The number of amidine groups is 1. The van der Waals surface area contributed by atoms with Gasteiger partial charge in [0, 0.05) is 26.1 Å². The van der Waals surface area contributed by atoms with E-state index in [4.69, 9.17) is 14.2 Å². The van der Waals surface area contributed by atoms with Gasteiger partial charge in [-0.15, -0.1) is 0 Å². The van der Waals surface area contributed by atoms with Crippen molar-refractivity contribution in [2.75, 3.05) is 19.6 Å². The summed E-state index contributed by atoms with van der Waals surface area (Å²) < 4.78 is 16.0. The first kappa shape index (κ1) is 43.1. The molecule has 17 nitrogen and oxygen atoms in total. The number of esters is 1. The molecule has 17 heteroatoms. The van der Waals surface area contributed by atoms with Gasteiger partial charge in [0.25, 0.3) is 0 Å². The fraction of sp³-hybridized carbons (Fsp3) is 0.415. The normalized spacial score (nSPS) is 19.6. The predicted molar refractivity (Wildman–Crippen MR) is 210 cm³/mol. The van der Waals surface area contributed by atoms with Crippen LogP contribution >= 0.6 is 0 Å². The molecule has 1 fully saturated rings. The van der Waals surface area contributed by atoms with Gasteiger partial charge in [-0.1, -0.05) is 91.0 Å². The molecule has 0 saturated carbocycles. The molecule has 0 radical (unpaired) electrons. The summed E-state index contributed by atoms with van der Waals surface area (Å²) in [6.07, 6.45) is -3.19. The van der Waals surface area contributed by atoms with E-state index in [1.807, 2.05) is 66.7 Å². The second-order valence-corrected chi connectivity index (χ2v) is 14.0. The molecule has 3 aromatic carbocycles. The highest BCUT2D eigenvalue weighted by Gasteiger charge is 2.47. The lowest BCUT2D eigenvalue weighted by Gasteiger charge is -2.29. The number of nitrogens with zero attached hydrogens (tertiary/aromatic N) is 3. The predicted octanol–water partition coefficient (Wildman–Crippen LogP) is 2.83. The van der Waals surface area contributed by atoms with Gasteiger partial charge in [0.2, 0.25) is 11.7 Å². The van der Waals surface area contributed by atoms with E-state index in [0.29, 0.717) is 12.8 Å². The number of alkyl carbamates (subject to hydrolysis) is 2. The molecule has 1 saturated heterocycles. The van der Waals surface area contributed by atoms with Gasteiger partial charge in [-0.25, -0.2) is 24.2 Å². The van der Waals surface area contributed by atoms with Crippen molar-refractivity contribution in [2.45, 2.75) is 88.4 Å². The van der Waals surface area contributed by atoms with Crippen molar-refractivity contribution in [3.05, 3.63) is 108 Å². The minimum atomic E-state index is -1.96. The van der Waals surface area contributed by atoms with E-state index in [1.54, 1.807) is 29.2 Å². The minimum absolute atomic E-state index is 0.0115. The number of carboxylic acid groups (broad SMARTS) is 1. The van der Waals surface area contributed by atoms with Crippen molar-refractivity contribution in [2.24, 2.45) is 9.98 Å². The van der Waals surface area contributed by atoms with Crippen LogP contribution in [0.2, 0.25) is 0 Å². The van der Waals surface area contributed by atoms with Crippen molar-refractivity contribution in [3.63, 3.8) is 0 Å². The number of aliphatic carboxylic acids is 1. The maximum Gasteiger partial charge on any atom is 0.408 e. The number of likely N-dealkylation sites (tertiary alicyclic amines) is 1. The number of aliphatic hydroxyl groups excluding tert-OH is 2. The highest BCUT2D eigenvalue weighted by atomic mass is 16.6. The number of benzene rings is 3. The zero-order valence-electron chi connectivity index (χ0n) is 31.9. The Bertz CT molecular complexity index is 1870. The van der Waals surface area contributed by atoms with Gasteiger partial charge in [0.05, 0.1) is 12.2 Å². The third kappa shape index (κ3) is 13.3. The standard InChI is InChI=1S/C41H50N6O11/c48-33-23-41(55)37(45-38(46-41)42-21-12-20-31(35(50)51)43-39(53)57-26-29-15-6-2-7-16-29)47(24-34(33)49)22-11-10-19-32(36(52)56-25-28-13-4-1-5-14-28)44-40(54)58-27-30-17-8-3-9-18-30/h1-9,13-18,31-34,48-49,55H,10-12,19-27H2,(H,42,46)(H,43,53)(H,44,54)(H,50,51)/t31-,32-,33-,34+,41?/m0/s1. The molecule has 310 valence electrons. The number of fused-ring (bicyclic) bond motifs is 1. The van der Waals surface area contributed by atoms with Crippen molar-refractivity contribution in [3.8, 4) is 0 Å². The highest BCUT2D eigenvalue weighted by molar-refractivity contribution is 6.05. The van der Waals surface area contributed by atoms with Gasteiger partial charge in [-0.3, -0.25) is 0 Å². The summed E-state index contributed by atoms with van der Waals surface area (Å²) in [6, 6.07) is 24.9. The number of ether oxygens (including phenoxy) is 3. The SMILES string of the molecule is O=C(N[C@@H](CCCNC1=NC2(O)C[C@H](O)[C@H](O)CN(CCCC[C@H](NC(=O)OCc3ccccc3)C(=O)OCc3ccccc3)C2=N1)C(=O)O)OCc1ccccc1. The number of rotatable bonds is 19. The van der Waals surface area contributed by atoms with Gasteiger partial charge < -0.3 is 55.5 Å². The largest absolute Gasteiger partial charge is 0.480 e. The van der Waals surface area contributed by atoms with Crippen LogP contribution in [0, 0.1) is 0 Å². The van der Waals surface area contributed by atoms with Crippen molar-refractivity contribution in [1.82, 2.24) is 20.9 Å². The molecule has 2 heterocycles. The molecule has 0 aliphatic carbocycles. The molecule has 5 rings (SSSR count). The van der Waals surface area contributed by atoms with E-state index < -0.39 is 54.1 Å². The Morgan fingerprint density at radius 1 is 0.724 bits per heavy atom. The molecule has 1 unspecified atom stereocenters. The molecule has 3 aromatic rings. The molecule has 2 aliphatic heterocycles. The van der Waals surface area contributed by atoms with Crippen LogP contribution in [0.5, 0.6) is 0 Å². The summed E-state index contributed by atoms with van der Waals surface area (Å²) in [5.41, 5.74) is 0.353. The minimum Gasteiger partial charge on any atom is -0.480 e. The van der Waals surface area contributed by atoms with Crippen LogP contribution in [0.4, 0.5) is 9.59 Å². The molecular formula is C41H50N6O11. The van der Waals surface area contributed by atoms with Crippen LogP contribution in [-0.2, 0) is 43.6 Å². The summed E-state index contributed by atoms with van der Waals surface area (Å²) in [6.45, 7) is 0.371. The Hall–Kier alpha value is -6.04. The lowest BCUT2D eigenvalue weighted by atomic mass is 10.0. The first-order valence-electron chi connectivity index (χ1n) is 19.1. The number of carboxylic acids is 1. The molecule has 0 aromatic heterocycles. The average Bonchev–Trinajstić information content (AvgIpc) is 3.51. The number of unbranched alkanes of at least 4 members (excludes halogenated alkanes) is 1. The number of aliphatic imine (C=N–C) groups is 2. The molecule has 2 aliphatic rings. The molecule has 0 spiro atoms. The number of carbonyl (C=O) groups excluding carboxylic acids is 3. The number of aliphatic hydroxyl groups is 3. The lowest BCUT2D eigenvalue weighted by molar-refractivity contribution is -0.147. The fourth-order valence-corrected chi connectivity index (χ4v) is 6.35. The van der Waals surface area contributed by atoms with Crippen LogP contribution < -0.4 is 16.0 Å². The van der Waals surface area contributed by atoms with E-state index in [1.165, 1.54) is 0 Å². The molecular weight excluding hydrogens is 752 g/mol. The molecule has 58 heavy (non-hydrogen) atoms. The quantitative estimate of drug-likeness (QED) is 0.0525. The number of nitrogens with one attached hydrogen (secondary N) is 3. The zero-order chi connectivity index (χ0) is 41.3. The fourth-order valence-electron chi connectivity index (χ4n) is 6.35. The summed E-state index contributed by atoms with van der Waals surface area (Å²) in [5.74, 6) is -1.71. The number of carbonyl (C=O) groups is 4. The summed E-state index contributed by atoms with van der Waals surface area (Å²) in [4.78, 5) is 60.4. The van der Waals surface area contributed by atoms with Crippen LogP contribution in [-0.4, -0.2) is 111 Å². The third-order valence-electron chi connectivity index (χ3n) is 9.45. The van der Waals surface area contributed by atoms with Crippen molar-refractivity contribution >= 4 is 35.9 Å². The summed E-state index contributed by atoms with van der Waals surface area (Å²) >= 11 is 0. The van der Waals surface area contributed by atoms with Gasteiger partial charge in [-0.2, -0.15) is 4.99 Å². The van der Waals surface area contributed by atoms with E-state index >= 15 is 0 Å². The number of guanidine groups is 1. The summed E-state index contributed by atoms with van der Waals surface area (Å²) in [7, 11) is 0. The Morgan fingerprint density at radius 2 is 1.24 bits per heavy atom. The second-order valence-electron chi connectivity index (χ2n) is 14.0. The van der Waals surface area contributed by atoms with Gasteiger partial charge in [0.1, 0.15) is 31.9 Å². The van der Waals surface area contributed by atoms with Crippen LogP contribution in [0.1, 0.15) is 55.2 Å². The van der Waals surface area contributed by atoms with E-state index in [2.05, 4.69) is 25.9 Å². The lowest BCUT2D eigenvalue weighted by Crippen LogP contribution is -2.46. The Kier molecular flexibility index (Phi) is 16.0. The maximum atomic E-state index is 13.2. The number of hydrogen-bond donors (Lipinski definition) is 7. The Morgan fingerprint density at radius 3 is 1.79 bits per heavy atom. The highest BCUT2D eigenvalue weighted by Crippen LogP contribution is 2.29. The van der Waals surface area contributed by atoms with Crippen LogP contribution in [0.15, 0.2) is 101 Å². The van der Waals surface area contributed by atoms with Gasteiger partial charge >= 0.3 is 24.1 Å². The third-order valence-corrected chi connectivity index (χ3v) is 9.45. The Labute approximate surface area is 335 Å². The second kappa shape index (κ2) is 21.5. The monoisotopic (exact) mass is 802 g/mol. The van der Waals surface area contributed by atoms with E-state index in [9.17, 15) is 39.6 Å². The zero-order valence-corrected chi connectivity index (χ0v) is 31.9. The van der Waals surface area contributed by atoms with E-state index in [0.717, 1.165) is 16.7 Å². The summed E-state index contributed by atoms with van der Waals surface area (Å²) in [5, 5.41) is 50.4. The number of hydrogen-bond acceptors (Lipinski definition) is 14. The van der Waals surface area contributed by atoms with Crippen LogP contribution in [0.3, 0.4) is 0 Å². The van der Waals surface area contributed by atoms with E-state index in [-0.39, 0.29) is 76.9 Å². The molecule has 0 bridgehead atoms. The van der Waals surface area contributed by atoms with Gasteiger partial charge in [0.15, 0.2) is 5.84 Å². The van der Waals surface area contributed by atoms with Crippen molar-refractivity contribution in [1.29, 1.82) is 0 Å².